The van der Waals surface area contributed by atoms with Gasteiger partial charge in [0, 0.05) is 35.4 Å². The van der Waals surface area contributed by atoms with E-state index in [2.05, 4.69) is 22.7 Å². The third kappa shape index (κ3) is 6.82. The monoisotopic (exact) mass is 631 g/mol. The van der Waals surface area contributed by atoms with Gasteiger partial charge in [0.15, 0.2) is 0 Å². The highest BCUT2D eigenvalue weighted by molar-refractivity contribution is 5.95. The van der Waals surface area contributed by atoms with Crippen molar-refractivity contribution in [3.63, 3.8) is 0 Å². The van der Waals surface area contributed by atoms with Gasteiger partial charge in [0.1, 0.15) is 34.8 Å². The highest BCUT2D eigenvalue weighted by atomic mass is 16.6. The van der Waals surface area contributed by atoms with Crippen LogP contribution in [0.2, 0.25) is 0 Å². The number of ether oxygens (including phenoxy) is 3. The summed E-state index contributed by atoms with van der Waals surface area (Å²) in [6, 6.07) is 14.8. The van der Waals surface area contributed by atoms with Crippen LogP contribution in [0.3, 0.4) is 0 Å². The molecule has 242 valence electrons. The van der Waals surface area contributed by atoms with E-state index in [0.29, 0.717) is 28.1 Å². The molecule has 0 bridgehead atoms. The van der Waals surface area contributed by atoms with Crippen LogP contribution in [0.1, 0.15) is 33.6 Å². The summed E-state index contributed by atoms with van der Waals surface area (Å²) in [5.74, 6) is -1.22. The van der Waals surface area contributed by atoms with Crippen molar-refractivity contribution in [2.45, 2.75) is 56.9 Å². The first-order valence-corrected chi connectivity index (χ1v) is 14.8. The van der Waals surface area contributed by atoms with E-state index < -0.39 is 53.2 Å². The van der Waals surface area contributed by atoms with E-state index in [9.17, 15) is 24.3 Å². The number of nitrogens with one attached hydrogen (secondary N) is 3. The van der Waals surface area contributed by atoms with Crippen molar-refractivity contribution in [2.75, 3.05) is 13.7 Å². The summed E-state index contributed by atoms with van der Waals surface area (Å²) in [5.41, 5.74) is 4.28. The topological polar surface area (TPSA) is 168 Å². The number of likely N-dealkylation sites (tertiary alicyclic amines) is 1. The van der Waals surface area contributed by atoms with Crippen molar-refractivity contribution in [1.82, 2.24) is 26.1 Å². The Balaban J connectivity index is 1.43. The standard InChI is InChI=1S/C33H37N5O8/c1-6-20-17-33(20,29(40)41)35-28(39)26-15-22(18-38(26)30(42)36-37-31(43)46-32(2,3)4)45-27-16-24(19-10-8-7-9-11-19)34-25-14-21(44-5)12-13-23(25)27/h6-14,16,20,22,26H,1,15,17-18H2,2-5H3,(H,35,39)(H,36,42)(H,37,43)(H,40,41)/t20-,22-,26+,33-/m1/s1. The van der Waals surface area contributed by atoms with Gasteiger partial charge in [0.2, 0.25) is 5.91 Å². The Morgan fingerprint density at radius 3 is 2.46 bits per heavy atom. The predicted molar refractivity (Wildman–Crippen MR) is 168 cm³/mol. The zero-order valence-electron chi connectivity index (χ0n) is 26.0. The van der Waals surface area contributed by atoms with E-state index in [1.165, 1.54) is 11.0 Å². The molecule has 5 rings (SSSR count). The van der Waals surface area contributed by atoms with E-state index in [1.807, 2.05) is 36.4 Å². The molecule has 0 spiro atoms. The number of fused-ring (bicyclic) bond motifs is 1. The number of nitrogens with zero attached hydrogens (tertiary/aromatic N) is 2. The Hall–Kier alpha value is -5.33. The number of methoxy groups -OCH3 is 1. The van der Waals surface area contributed by atoms with Crippen LogP contribution in [0.5, 0.6) is 11.5 Å². The van der Waals surface area contributed by atoms with Crippen LogP contribution in [0.15, 0.2) is 67.3 Å². The lowest BCUT2D eigenvalue weighted by molar-refractivity contribution is -0.144. The molecular formula is C33H37N5O8. The summed E-state index contributed by atoms with van der Waals surface area (Å²) in [6.45, 7) is 8.63. The molecule has 1 aliphatic heterocycles. The molecule has 3 aromatic rings. The van der Waals surface area contributed by atoms with E-state index in [4.69, 9.17) is 19.2 Å². The van der Waals surface area contributed by atoms with Crippen molar-refractivity contribution >= 4 is 34.9 Å². The molecule has 0 unspecified atom stereocenters. The number of carbonyl (C=O) groups excluding carboxylic acids is 3. The minimum atomic E-state index is -1.50. The average Bonchev–Trinajstić information content (AvgIpc) is 3.58. The van der Waals surface area contributed by atoms with E-state index in [1.54, 1.807) is 46.1 Å². The second-order valence-electron chi connectivity index (χ2n) is 12.3. The number of carboxylic acid groups (broad SMARTS) is 1. The Morgan fingerprint density at radius 1 is 1.09 bits per heavy atom. The molecule has 2 aromatic carbocycles. The van der Waals surface area contributed by atoms with Crippen molar-refractivity contribution < 1.29 is 38.5 Å². The Kier molecular flexibility index (Phi) is 8.77. The molecule has 0 radical (unpaired) electrons. The third-order valence-electron chi connectivity index (χ3n) is 7.87. The van der Waals surface area contributed by atoms with Gasteiger partial charge >= 0.3 is 18.1 Å². The van der Waals surface area contributed by atoms with Crippen LogP contribution < -0.4 is 25.6 Å². The van der Waals surface area contributed by atoms with Crippen LogP contribution in [0, 0.1) is 5.92 Å². The van der Waals surface area contributed by atoms with Gasteiger partial charge in [0.05, 0.1) is 24.9 Å². The zero-order valence-corrected chi connectivity index (χ0v) is 26.0. The number of pyridine rings is 1. The van der Waals surface area contributed by atoms with Crippen LogP contribution >= 0.6 is 0 Å². The van der Waals surface area contributed by atoms with Gasteiger partial charge in [-0.05, 0) is 39.3 Å². The maximum atomic E-state index is 13.6. The fraction of sp³-hybridized carbons (Fsp3) is 0.364. The number of urea groups is 1. The molecule has 2 heterocycles. The number of hydrazine groups is 1. The number of amides is 4. The molecule has 2 aliphatic rings. The van der Waals surface area contributed by atoms with E-state index in [-0.39, 0.29) is 19.4 Å². The molecule has 1 saturated carbocycles. The van der Waals surface area contributed by atoms with Crippen LogP contribution in [0.4, 0.5) is 9.59 Å². The number of carbonyl (C=O) groups is 4. The SMILES string of the molecule is C=C[C@@H]1C[C@]1(NC(=O)[C@@H]1C[C@@H](Oc2cc(-c3ccccc3)nc3cc(OC)ccc23)CN1C(=O)NNC(=O)OC(C)(C)C)C(=O)O. The van der Waals surface area contributed by atoms with E-state index >= 15 is 0 Å². The van der Waals surface area contributed by atoms with Crippen LogP contribution in [0.25, 0.3) is 22.2 Å². The quantitative estimate of drug-likeness (QED) is 0.212. The summed E-state index contributed by atoms with van der Waals surface area (Å²) in [6.07, 6.45) is 0.136. The number of aromatic nitrogens is 1. The van der Waals surface area contributed by atoms with Gasteiger partial charge in [0.25, 0.3) is 0 Å². The second-order valence-corrected chi connectivity index (χ2v) is 12.3. The lowest BCUT2D eigenvalue weighted by Crippen LogP contribution is -2.56. The van der Waals surface area contributed by atoms with Crippen molar-refractivity contribution in [3.05, 3.63) is 67.3 Å². The maximum absolute atomic E-state index is 13.6. The molecule has 46 heavy (non-hydrogen) atoms. The molecule has 2 fully saturated rings. The minimum Gasteiger partial charge on any atom is -0.497 e. The largest absolute Gasteiger partial charge is 0.497 e. The number of hydrogen-bond acceptors (Lipinski definition) is 8. The minimum absolute atomic E-state index is 0.0424. The van der Waals surface area contributed by atoms with Gasteiger partial charge in [-0.2, -0.15) is 0 Å². The number of hydrogen-bond donors (Lipinski definition) is 4. The normalized spacial score (nSPS) is 22.0. The molecule has 13 nitrogen and oxygen atoms in total. The molecule has 4 N–H and O–H groups in total. The molecule has 4 amide bonds. The molecular weight excluding hydrogens is 594 g/mol. The first-order chi connectivity index (χ1) is 21.8. The molecule has 4 atom stereocenters. The maximum Gasteiger partial charge on any atom is 0.426 e. The molecule has 1 aliphatic carbocycles. The highest BCUT2D eigenvalue weighted by Gasteiger charge is 2.61. The van der Waals surface area contributed by atoms with Gasteiger partial charge in [-0.3, -0.25) is 4.79 Å². The number of carboxylic acids is 1. The first-order valence-electron chi connectivity index (χ1n) is 14.8. The van der Waals surface area contributed by atoms with Crippen LogP contribution in [-0.4, -0.2) is 75.9 Å². The summed E-state index contributed by atoms with van der Waals surface area (Å²) < 4.78 is 17.1. The lowest BCUT2D eigenvalue weighted by atomic mass is 10.1. The van der Waals surface area contributed by atoms with Crippen LogP contribution in [-0.2, 0) is 14.3 Å². The Morgan fingerprint density at radius 2 is 1.83 bits per heavy atom. The first kappa shape index (κ1) is 32.1. The summed E-state index contributed by atoms with van der Waals surface area (Å²) in [5, 5.41) is 13.2. The highest BCUT2D eigenvalue weighted by Crippen LogP contribution is 2.45. The third-order valence-corrected chi connectivity index (χ3v) is 7.87. The zero-order chi connectivity index (χ0) is 33.2. The Labute approximate surface area is 265 Å². The fourth-order valence-corrected chi connectivity index (χ4v) is 5.49. The van der Waals surface area contributed by atoms with E-state index in [0.717, 1.165) is 5.56 Å². The van der Waals surface area contributed by atoms with Gasteiger partial charge in [-0.25, -0.2) is 30.2 Å². The molecule has 1 aromatic heterocycles. The predicted octanol–water partition coefficient (Wildman–Crippen LogP) is 4.03. The smallest absolute Gasteiger partial charge is 0.426 e. The molecule has 1 saturated heterocycles. The van der Waals surface area contributed by atoms with Gasteiger partial charge < -0.3 is 29.5 Å². The number of benzene rings is 2. The molecule has 13 heteroatoms. The Bertz CT molecular complexity index is 1670. The average molecular weight is 632 g/mol. The van der Waals surface area contributed by atoms with Gasteiger partial charge in [-0.15, -0.1) is 6.58 Å². The summed E-state index contributed by atoms with van der Waals surface area (Å²) in [4.78, 5) is 57.2. The lowest BCUT2D eigenvalue weighted by Gasteiger charge is -2.26. The van der Waals surface area contributed by atoms with Crippen molar-refractivity contribution in [2.24, 2.45) is 5.92 Å². The fourth-order valence-electron chi connectivity index (χ4n) is 5.49. The number of rotatable bonds is 8. The summed E-state index contributed by atoms with van der Waals surface area (Å²) >= 11 is 0. The van der Waals surface area contributed by atoms with Crippen molar-refractivity contribution in [3.8, 4) is 22.8 Å². The second kappa shape index (κ2) is 12.6. The van der Waals surface area contributed by atoms with Gasteiger partial charge in [-0.1, -0.05) is 36.4 Å². The van der Waals surface area contributed by atoms with Crippen molar-refractivity contribution in [1.29, 1.82) is 0 Å². The summed E-state index contributed by atoms with van der Waals surface area (Å²) in [7, 11) is 1.56. The number of aliphatic carboxylic acids is 1.